The maximum atomic E-state index is 6.65. The Bertz CT molecular complexity index is 966. The van der Waals surface area contributed by atoms with Crippen molar-refractivity contribution < 1.29 is 4.74 Å². The number of aryl methyl sites for hydroxylation is 1. The number of hydrogen-bond acceptors (Lipinski definition) is 4. The number of hydrazone groups is 1. The Balaban J connectivity index is 1.60. The van der Waals surface area contributed by atoms with Gasteiger partial charge in [0, 0.05) is 48.5 Å². The van der Waals surface area contributed by atoms with Crippen LogP contribution in [0.3, 0.4) is 0 Å². The van der Waals surface area contributed by atoms with Crippen molar-refractivity contribution in [3.63, 3.8) is 0 Å². The molecule has 1 spiro atoms. The van der Waals surface area contributed by atoms with Crippen LogP contribution in [0.15, 0.2) is 41.5 Å². The number of rotatable bonds is 1. The number of ether oxygens (including phenoxy) is 1. The van der Waals surface area contributed by atoms with E-state index in [1.807, 2.05) is 12.1 Å². The first-order valence-electron chi connectivity index (χ1n) is 9.75. The van der Waals surface area contributed by atoms with Crippen molar-refractivity contribution in [2.45, 2.75) is 38.0 Å². The summed E-state index contributed by atoms with van der Waals surface area (Å²) in [5.74, 6) is 0.995. The molecule has 1 saturated heterocycles. The van der Waals surface area contributed by atoms with Crippen LogP contribution in [-0.4, -0.2) is 41.5 Å². The van der Waals surface area contributed by atoms with Crippen molar-refractivity contribution >= 4 is 28.9 Å². The number of piperidine rings is 1. The van der Waals surface area contributed by atoms with E-state index in [2.05, 4.69) is 42.1 Å². The van der Waals surface area contributed by atoms with Crippen LogP contribution < -0.4 is 4.74 Å². The van der Waals surface area contributed by atoms with Gasteiger partial charge in [-0.3, -0.25) is 0 Å². The van der Waals surface area contributed by atoms with Gasteiger partial charge in [-0.2, -0.15) is 5.10 Å². The Hall–Kier alpha value is -1.75. The molecule has 4 nitrogen and oxygen atoms in total. The Morgan fingerprint density at radius 2 is 1.89 bits per heavy atom. The van der Waals surface area contributed by atoms with Crippen LogP contribution in [-0.2, 0) is 0 Å². The third kappa shape index (κ3) is 2.90. The van der Waals surface area contributed by atoms with E-state index in [1.165, 1.54) is 11.1 Å². The average molecular weight is 416 g/mol. The third-order valence-electron chi connectivity index (χ3n) is 6.16. The number of benzene rings is 2. The summed E-state index contributed by atoms with van der Waals surface area (Å²) in [5.41, 5.74) is 4.02. The first-order valence-corrected chi connectivity index (χ1v) is 10.5. The first-order chi connectivity index (χ1) is 13.4. The van der Waals surface area contributed by atoms with E-state index in [1.54, 1.807) is 6.07 Å². The highest BCUT2D eigenvalue weighted by Gasteiger charge is 2.51. The van der Waals surface area contributed by atoms with Gasteiger partial charge in [-0.15, -0.1) is 0 Å². The summed E-state index contributed by atoms with van der Waals surface area (Å²) < 4.78 is 6.65. The minimum Gasteiger partial charge on any atom is -0.466 e. The van der Waals surface area contributed by atoms with E-state index in [0.717, 1.165) is 49.4 Å². The third-order valence-corrected chi connectivity index (χ3v) is 6.71. The summed E-state index contributed by atoms with van der Waals surface area (Å²) in [7, 11) is 2.16. The molecule has 1 atom stereocenters. The van der Waals surface area contributed by atoms with Crippen LogP contribution in [0, 0.1) is 6.92 Å². The van der Waals surface area contributed by atoms with Crippen molar-refractivity contribution in [1.29, 1.82) is 0 Å². The second-order valence-electron chi connectivity index (χ2n) is 8.13. The summed E-state index contributed by atoms with van der Waals surface area (Å²) in [6, 6.07) is 12.3. The van der Waals surface area contributed by atoms with Gasteiger partial charge in [0.2, 0.25) is 5.72 Å². The topological polar surface area (TPSA) is 28.1 Å². The average Bonchev–Trinajstić information content (AvgIpc) is 3.11. The lowest BCUT2D eigenvalue weighted by Gasteiger charge is -2.50. The normalized spacial score (nSPS) is 23.2. The van der Waals surface area contributed by atoms with Gasteiger partial charge in [0.15, 0.2) is 0 Å². The summed E-state index contributed by atoms with van der Waals surface area (Å²) in [6.45, 7) is 4.12. The Morgan fingerprint density at radius 3 is 2.64 bits per heavy atom. The van der Waals surface area contributed by atoms with Crippen molar-refractivity contribution in [1.82, 2.24) is 9.91 Å². The van der Waals surface area contributed by atoms with E-state index < -0.39 is 0 Å². The quantitative estimate of drug-likeness (QED) is 0.634. The summed E-state index contributed by atoms with van der Waals surface area (Å²) in [6.07, 6.45) is 2.68. The molecule has 146 valence electrons. The predicted molar refractivity (Wildman–Crippen MR) is 113 cm³/mol. The van der Waals surface area contributed by atoms with Crippen LogP contribution in [0.1, 0.15) is 42.0 Å². The minimum atomic E-state index is -0.389. The molecule has 28 heavy (non-hydrogen) atoms. The van der Waals surface area contributed by atoms with Crippen LogP contribution in [0.25, 0.3) is 0 Å². The number of hydrogen-bond donors (Lipinski definition) is 0. The molecular formula is C22H23Cl2N3O. The van der Waals surface area contributed by atoms with Gasteiger partial charge in [0.1, 0.15) is 5.75 Å². The van der Waals surface area contributed by atoms with E-state index in [4.69, 9.17) is 33.0 Å². The zero-order valence-corrected chi connectivity index (χ0v) is 17.6. The van der Waals surface area contributed by atoms with Gasteiger partial charge in [-0.1, -0.05) is 47.0 Å². The van der Waals surface area contributed by atoms with Gasteiger partial charge in [0.05, 0.1) is 16.8 Å². The molecule has 0 N–H and O–H groups in total. The van der Waals surface area contributed by atoms with Crippen LogP contribution in [0.4, 0.5) is 0 Å². The highest BCUT2D eigenvalue weighted by Crippen LogP contribution is 2.50. The molecule has 1 unspecified atom stereocenters. The highest BCUT2D eigenvalue weighted by atomic mass is 35.5. The molecule has 3 heterocycles. The highest BCUT2D eigenvalue weighted by molar-refractivity contribution is 6.37. The predicted octanol–water partition coefficient (Wildman–Crippen LogP) is 5.27. The molecule has 0 radical (unpaired) electrons. The molecule has 6 heteroatoms. The maximum absolute atomic E-state index is 6.65. The van der Waals surface area contributed by atoms with E-state index in [9.17, 15) is 0 Å². The first kappa shape index (κ1) is 18.3. The largest absolute Gasteiger partial charge is 0.466 e. The van der Waals surface area contributed by atoms with E-state index in [0.29, 0.717) is 10.0 Å². The number of likely N-dealkylation sites (tertiary alicyclic amines) is 1. The fourth-order valence-corrected chi connectivity index (χ4v) is 5.10. The Morgan fingerprint density at radius 1 is 1.11 bits per heavy atom. The molecule has 0 saturated carbocycles. The maximum Gasteiger partial charge on any atom is 0.200 e. The molecular weight excluding hydrogens is 393 g/mol. The van der Waals surface area contributed by atoms with Gasteiger partial charge in [-0.25, -0.2) is 5.01 Å². The lowest BCUT2D eigenvalue weighted by Crippen LogP contribution is -2.58. The summed E-state index contributed by atoms with van der Waals surface area (Å²) >= 11 is 12.6. The zero-order valence-electron chi connectivity index (χ0n) is 16.1. The SMILES string of the molecule is Cc1ccc2c(c1)C1CC(c3ccc(Cl)cc3Cl)=NN1C1(CCN(C)CC1)O2. The standard InChI is InChI=1S/C22H23Cl2N3O/c1-14-3-6-21-17(11-14)20-13-19(16-5-4-15(23)12-18(16)24)25-27(20)22(28-21)7-9-26(2)10-8-22/h3-6,11-12,20H,7-10,13H2,1-2H3. The van der Waals surface area contributed by atoms with Crippen molar-refractivity contribution in [3.05, 3.63) is 63.1 Å². The monoisotopic (exact) mass is 415 g/mol. The van der Waals surface area contributed by atoms with Gasteiger partial charge < -0.3 is 9.64 Å². The van der Waals surface area contributed by atoms with E-state index in [-0.39, 0.29) is 11.8 Å². The molecule has 2 aromatic rings. The van der Waals surface area contributed by atoms with Gasteiger partial charge in [0.25, 0.3) is 0 Å². The molecule has 0 aromatic heterocycles. The van der Waals surface area contributed by atoms with Crippen LogP contribution in [0.5, 0.6) is 5.75 Å². The lowest BCUT2D eigenvalue weighted by molar-refractivity contribution is -0.147. The van der Waals surface area contributed by atoms with Crippen molar-refractivity contribution in [3.8, 4) is 5.75 Å². The smallest absolute Gasteiger partial charge is 0.200 e. The van der Waals surface area contributed by atoms with Gasteiger partial charge >= 0.3 is 0 Å². The Labute approximate surface area is 175 Å². The molecule has 5 rings (SSSR count). The fourth-order valence-electron chi connectivity index (χ4n) is 4.59. The van der Waals surface area contributed by atoms with E-state index >= 15 is 0 Å². The van der Waals surface area contributed by atoms with Crippen molar-refractivity contribution in [2.75, 3.05) is 20.1 Å². The molecule has 3 aliphatic rings. The second-order valence-corrected chi connectivity index (χ2v) is 8.97. The minimum absolute atomic E-state index is 0.175. The Kier molecular flexibility index (Phi) is 4.34. The van der Waals surface area contributed by atoms with Crippen LogP contribution >= 0.6 is 23.2 Å². The molecule has 3 aliphatic heterocycles. The fraction of sp³-hybridized carbons (Fsp3) is 0.409. The summed E-state index contributed by atoms with van der Waals surface area (Å²) in [4.78, 5) is 2.35. The molecule has 0 bridgehead atoms. The molecule has 0 aliphatic carbocycles. The molecule has 1 fully saturated rings. The number of nitrogens with zero attached hydrogens (tertiary/aromatic N) is 3. The second kappa shape index (κ2) is 6.65. The molecule has 2 aromatic carbocycles. The number of fused-ring (bicyclic) bond motifs is 4. The van der Waals surface area contributed by atoms with Crippen LogP contribution in [0.2, 0.25) is 10.0 Å². The lowest BCUT2D eigenvalue weighted by atomic mass is 9.90. The molecule has 0 amide bonds. The zero-order chi connectivity index (χ0) is 19.5. The van der Waals surface area contributed by atoms with Crippen molar-refractivity contribution in [2.24, 2.45) is 5.10 Å². The summed E-state index contributed by atoms with van der Waals surface area (Å²) in [5, 5.41) is 8.59. The number of halogens is 2. The van der Waals surface area contributed by atoms with Gasteiger partial charge in [-0.05, 0) is 32.2 Å².